The molecule has 0 aromatic rings. The molecule has 10 heteroatoms. The second-order valence-corrected chi connectivity index (χ2v) is 13.8. The van der Waals surface area contributed by atoms with Crippen LogP contribution in [0.25, 0.3) is 0 Å². The zero-order valence-electron chi connectivity index (χ0n) is 22.1. The first-order chi connectivity index (χ1) is 17.7. The molecule has 8 fully saturated rings. The fourth-order valence-electron chi connectivity index (χ4n) is 9.78. The van der Waals surface area contributed by atoms with Crippen LogP contribution in [0.5, 0.6) is 0 Å². The molecule has 8 aliphatic rings. The number of halogens is 2. The summed E-state index contributed by atoms with van der Waals surface area (Å²) in [6, 6.07) is 0. The van der Waals surface area contributed by atoms with Crippen molar-refractivity contribution in [1.82, 2.24) is 0 Å². The van der Waals surface area contributed by atoms with Gasteiger partial charge in [0.1, 0.15) is 17.8 Å². The molecule has 38 heavy (non-hydrogen) atoms. The highest BCUT2D eigenvalue weighted by atomic mass is 19.3. The second kappa shape index (κ2) is 8.59. The highest BCUT2D eigenvalue weighted by Gasteiger charge is 2.66. The summed E-state index contributed by atoms with van der Waals surface area (Å²) >= 11 is 0. The summed E-state index contributed by atoms with van der Waals surface area (Å²) in [5.74, 6) is -4.53. The maximum Gasteiger partial charge on any atom is 0.377 e. The predicted octanol–water partition coefficient (Wildman–Crippen LogP) is 3.71. The van der Waals surface area contributed by atoms with E-state index in [1.165, 1.54) is 6.42 Å². The number of carbonyl (C=O) groups excluding carboxylic acids is 3. The molecule has 8 rings (SSSR count). The molecule has 4 unspecified atom stereocenters. The molecule has 4 atom stereocenters. The summed E-state index contributed by atoms with van der Waals surface area (Å²) in [5, 5.41) is 11.3. The Morgan fingerprint density at radius 2 is 1.39 bits per heavy atom. The van der Waals surface area contributed by atoms with Crippen molar-refractivity contribution in [3.63, 3.8) is 0 Å². The van der Waals surface area contributed by atoms with Crippen LogP contribution < -0.4 is 0 Å². The van der Waals surface area contributed by atoms with Crippen LogP contribution in [0.1, 0.15) is 84.5 Å². The molecular formula is C28H38F2O8. The molecule has 8 bridgehead atoms. The van der Waals surface area contributed by atoms with Crippen LogP contribution in [0.2, 0.25) is 0 Å². The number of ether oxygens (including phenoxy) is 4. The monoisotopic (exact) mass is 540 g/mol. The molecule has 0 amide bonds. The van der Waals surface area contributed by atoms with Crippen LogP contribution in [-0.2, 0) is 33.3 Å². The average molecular weight is 541 g/mol. The molecule has 0 aromatic heterocycles. The largest absolute Gasteiger partial charge is 0.457 e. The van der Waals surface area contributed by atoms with Crippen LogP contribution in [-0.4, -0.2) is 64.6 Å². The highest BCUT2D eigenvalue weighted by Crippen LogP contribution is 2.62. The van der Waals surface area contributed by atoms with Crippen LogP contribution in [0.15, 0.2) is 0 Å². The zero-order valence-corrected chi connectivity index (χ0v) is 22.1. The molecule has 8 aliphatic carbocycles. The minimum atomic E-state index is -3.71. The van der Waals surface area contributed by atoms with E-state index in [1.807, 2.05) is 0 Å². The third-order valence-corrected chi connectivity index (χ3v) is 10.5. The number of carbonyl (C=O) groups is 3. The Morgan fingerprint density at radius 3 is 2.00 bits per heavy atom. The van der Waals surface area contributed by atoms with Crippen molar-refractivity contribution in [2.24, 2.45) is 29.6 Å². The lowest BCUT2D eigenvalue weighted by molar-refractivity contribution is -0.276. The Hall–Kier alpha value is -1.81. The first-order valence-electron chi connectivity index (χ1n) is 14.0. The van der Waals surface area contributed by atoms with E-state index in [0.29, 0.717) is 44.4 Å². The van der Waals surface area contributed by atoms with Crippen molar-refractivity contribution >= 4 is 17.9 Å². The lowest BCUT2D eigenvalue weighted by Crippen LogP contribution is -2.68. The molecule has 212 valence electrons. The van der Waals surface area contributed by atoms with E-state index in [9.17, 15) is 28.3 Å². The van der Waals surface area contributed by atoms with Gasteiger partial charge >= 0.3 is 23.8 Å². The molecule has 0 aliphatic heterocycles. The number of hydrogen-bond acceptors (Lipinski definition) is 8. The fourth-order valence-corrected chi connectivity index (χ4v) is 9.78. The van der Waals surface area contributed by atoms with Crippen molar-refractivity contribution in [3.8, 4) is 0 Å². The Balaban J connectivity index is 1.09. The molecule has 1 N–H and O–H groups in total. The normalized spacial score (nSPS) is 46.2. The van der Waals surface area contributed by atoms with Crippen molar-refractivity contribution in [2.45, 2.75) is 113 Å². The van der Waals surface area contributed by atoms with Gasteiger partial charge in [-0.2, -0.15) is 8.78 Å². The van der Waals surface area contributed by atoms with E-state index < -0.39 is 52.8 Å². The van der Waals surface area contributed by atoms with Gasteiger partial charge in [-0.25, -0.2) is 14.4 Å². The van der Waals surface area contributed by atoms with Gasteiger partial charge in [0.05, 0.1) is 11.2 Å². The number of alkyl halides is 2. The first-order valence-corrected chi connectivity index (χ1v) is 14.0. The summed E-state index contributed by atoms with van der Waals surface area (Å²) in [5.41, 5.74) is -3.50. The van der Waals surface area contributed by atoms with E-state index in [2.05, 4.69) is 11.7 Å². The van der Waals surface area contributed by atoms with Crippen molar-refractivity contribution < 1.29 is 47.2 Å². The minimum Gasteiger partial charge on any atom is -0.457 e. The van der Waals surface area contributed by atoms with Crippen molar-refractivity contribution in [1.29, 1.82) is 0 Å². The SMILES string of the molecule is CC(F)(F)C(=O)OCC(=O)OC12CC3CC(O)(CC(OCC(=O)OC4(C)C5CC6CC(C5)CC4C6)(C3)C1)C2. The topological polar surface area (TPSA) is 108 Å². The van der Waals surface area contributed by atoms with Gasteiger partial charge in [0.15, 0.2) is 6.61 Å². The Bertz CT molecular complexity index is 997. The van der Waals surface area contributed by atoms with Gasteiger partial charge in [-0.3, -0.25) is 0 Å². The molecule has 0 heterocycles. The average Bonchev–Trinajstić information content (AvgIpc) is 2.77. The molecule has 0 aromatic carbocycles. The summed E-state index contributed by atoms with van der Waals surface area (Å²) in [7, 11) is 0. The summed E-state index contributed by atoms with van der Waals surface area (Å²) in [6.07, 6.45) is 8.26. The molecule has 0 radical (unpaired) electrons. The van der Waals surface area contributed by atoms with E-state index in [1.54, 1.807) is 0 Å². The summed E-state index contributed by atoms with van der Waals surface area (Å²) in [6.45, 7) is 1.31. The van der Waals surface area contributed by atoms with Gasteiger partial charge < -0.3 is 24.1 Å². The quantitative estimate of drug-likeness (QED) is 0.367. The van der Waals surface area contributed by atoms with E-state index in [-0.39, 0.29) is 25.4 Å². The van der Waals surface area contributed by atoms with Crippen LogP contribution >= 0.6 is 0 Å². The number of rotatable bonds is 8. The summed E-state index contributed by atoms with van der Waals surface area (Å²) < 4.78 is 48.7. The zero-order chi connectivity index (χ0) is 27.1. The number of hydrogen-bond donors (Lipinski definition) is 1. The van der Waals surface area contributed by atoms with Gasteiger partial charge in [-0.15, -0.1) is 0 Å². The molecule has 0 saturated heterocycles. The minimum absolute atomic E-state index is 0.0181. The van der Waals surface area contributed by atoms with Gasteiger partial charge in [0, 0.05) is 26.2 Å². The van der Waals surface area contributed by atoms with Crippen LogP contribution in [0.3, 0.4) is 0 Å². The number of aliphatic hydroxyl groups is 1. The summed E-state index contributed by atoms with van der Waals surface area (Å²) in [4.78, 5) is 36.9. The van der Waals surface area contributed by atoms with E-state index in [4.69, 9.17) is 14.2 Å². The Kier molecular flexibility index (Phi) is 5.97. The van der Waals surface area contributed by atoms with Crippen LogP contribution in [0, 0.1) is 29.6 Å². The molecule has 0 spiro atoms. The highest BCUT2D eigenvalue weighted by molar-refractivity contribution is 5.80. The lowest BCUT2D eigenvalue weighted by Gasteiger charge is -2.63. The Labute approximate surface area is 221 Å². The van der Waals surface area contributed by atoms with Gasteiger partial charge in [-0.1, -0.05) is 0 Å². The molecular weight excluding hydrogens is 502 g/mol. The van der Waals surface area contributed by atoms with Crippen LogP contribution in [0.4, 0.5) is 8.78 Å². The van der Waals surface area contributed by atoms with Gasteiger partial charge in [0.2, 0.25) is 0 Å². The van der Waals surface area contributed by atoms with E-state index >= 15 is 0 Å². The maximum absolute atomic E-state index is 13.1. The molecule has 8 nitrogen and oxygen atoms in total. The van der Waals surface area contributed by atoms with Gasteiger partial charge in [0.25, 0.3) is 0 Å². The third-order valence-electron chi connectivity index (χ3n) is 10.5. The maximum atomic E-state index is 13.1. The Morgan fingerprint density at radius 1 is 0.816 bits per heavy atom. The van der Waals surface area contributed by atoms with E-state index in [0.717, 1.165) is 37.5 Å². The van der Waals surface area contributed by atoms with Crippen molar-refractivity contribution in [3.05, 3.63) is 0 Å². The fraction of sp³-hybridized carbons (Fsp3) is 0.893. The predicted molar refractivity (Wildman–Crippen MR) is 127 cm³/mol. The lowest BCUT2D eigenvalue weighted by atomic mass is 9.50. The number of esters is 3. The molecule has 8 saturated carbocycles. The first kappa shape index (κ1) is 26.4. The van der Waals surface area contributed by atoms with Gasteiger partial charge in [-0.05, 0) is 87.9 Å². The standard InChI is InChI=1S/C28H38F2O8/c1-24(19-4-16-3-17(6-19)7-20(24)5-16)37-22(32)12-36-27-9-18-8-26(34,13-27)14-28(10-18,15-27)38-21(31)11-35-23(33)25(2,29)30/h16-20,34H,3-15H2,1-2H3. The van der Waals surface area contributed by atoms with Crippen molar-refractivity contribution in [2.75, 3.05) is 13.2 Å². The second-order valence-electron chi connectivity index (χ2n) is 13.8. The smallest absolute Gasteiger partial charge is 0.377 e. The third kappa shape index (κ3) is 4.63.